The summed E-state index contributed by atoms with van der Waals surface area (Å²) in [5, 5.41) is 21.0. The number of carbonyl (C=O) groups is 1. The average molecular weight is 524 g/mol. The monoisotopic (exact) mass is 524 g/mol. The van der Waals surface area contributed by atoms with Crippen LogP contribution in [0.1, 0.15) is 0 Å². The quantitative estimate of drug-likeness (QED) is 0.216. The number of fused-ring (bicyclic) bond motifs is 2. The van der Waals surface area contributed by atoms with Crippen molar-refractivity contribution in [3.8, 4) is 28.9 Å². The zero-order valence-electron chi connectivity index (χ0n) is 20.3. The second-order valence-corrected chi connectivity index (χ2v) is 8.32. The van der Waals surface area contributed by atoms with Crippen LogP contribution in [0.3, 0.4) is 0 Å². The van der Waals surface area contributed by atoms with Gasteiger partial charge in [-0.15, -0.1) is 5.10 Å². The number of amides is 2. The standard InChI is InChI=1S/C26H20N8O5/c1-38-15-8-6-14(7-9-15)34-20(12-21(35)33-34)30-25(36)29-18-10-11-19(17-5-3-2-4-16(17)18)39-24-22-23(27-13-28-24)32-26(37)31-22/h2-13H,1H3,(H,33,35)(H2,29,30,36)(H2,27,28,31,32,37). The summed E-state index contributed by atoms with van der Waals surface area (Å²) >= 11 is 0. The fraction of sp³-hybridized carbons (Fsp3) is 0.0385. The van der Waals surface area contributed by atoms with Crippen molar-refractivity contribution in [1.82, 2.24) is 29.7 Å². The van der Waals surface area contributed by atoms with E-state index >= 15 is 0 Å². The van der Waals surface area contributed by atoms with Gasteiger partial charge in [-0.05, 0) is 36.4 Å². The zero-order valence-corrected chi connectivity index (χ0v) is 20.3. The molecule has 0 bridgehead atoms. The van der Waals surface area contributed by atoms with Crippen molar-refractivity contribution in [3.05, 3.63) is 83.5 Å². The maximum atomic E-state index is 13.0. The number of aromatic amines is 2. The first-order chi connectivity index (χ1) is 19.0. The molecule has 0 fully saturated rings. The number of ether oxygens (including phenoxy) is 2. The van der Waals surface area contributed by atoms with Crippen LogP contribution in [0, 0.1) is 0 Å². The van der Waals surface area contributed by atoms with E-state index in [-0.39, 0.29) is 17.6 Å². The molecule has 6 aromatic rings. The Hall–Kier alpha value is -5.85. The highest BCUT2D eigenvalue weighted by atomic mass is 16.5. The molecule has 0 atom stereocenters. The van der Waals surface area contributed by atoms with E-state index in [1.807, 2.05) is 24.3 Å². The molecule has 0 saturated heterocycles. The second-order valence-electron chi connectivity index (χ2n) is 8.32. The number of imidazole rings is 1. The lowest BCUT2D eigenvalue weighted by Crippen LogP contribution is -2.21. The molecule has 0 aliphatic carbocycles. The van der Waals surface area contributed by atoms with Gasteiger partial charge in [-0.2, -0.15) is 4.98 Å². The van der Waals surface area contributed by atoms with Crippen LogP contribution >= 0.6 is 0 Å². The number of nitrogens with zero attached hydrogens (tertiary/aromatic N) is 4. The Morgan fingerprint density at radius 1 is 0.974 bits per heavy atom. The number of nitrogens with one attached hydrogen (secondary N) is 4. The Morgan fingerprint density at radius 2 is 1.77 bits per heavy atom. The second kappa shape index (κ2) is 9.55. The van der Waals surface area contributed by atoms with Gasteiger partial charge in [-0.25, -0.2) is 19.3 Å². The normalized spacial score (nSPS) is 11.0. The zero-order chi connectivity index (χ0) is 26.9. The molecule has 5 N–H and O–H groups in total. The number of aromatic nitrogens is 6. The van der Waals surface area contributed by atoms with Crippen molar-refractivity contribution in [2.24, 2.45) is 0 Å². The minimum Gasteiger partial charge on any atom is -0.497 e. The molecule has 0 aliphatic heterocycles. The molecule has 194 valence electrons. The molecule has 0 radical (unpaired) electrons. The molecule has 39 heavy (non-hydrogen) atoms. The minimum atomic E-state index is -0.550. The number of H-pyrrole nitrogens is 2. The van der Waals surface area contributed by atoms with E-state index in [0.717, 1.165) is 0 Å². The number of carbonyl (C=O) groups excluding carboxylic acids is 1. The van der Waals surface area contributed by atoms with Gasteiger partial charge in [0.15, 0.2) is 5.65 Å². The van der Waals surface area contributed by atoms with Gasteiger partial charge in [-0.3, -0.25) is 15.3 Å². The van der Waals surface area contributed by atoms with Gasteiger partial charge in [0.25, 0.3) is 0 Å². The summed E-state index contributed by atoms with van der Waals surface area (Å²) in [7, 11) is 1.56. The van der Waals surface area contributed by atoms with Gasteiger partial charge >= 0.3 is 11.7 Å². The number of urea groups is 1. The van der Waals surface area contributed by atoms with Gasteiger partial charge in [0.1, 0.15) is 29.2 Å². The fourth-order valence-corrected chi connectivity index (χ4v) is 4.13. The molecule has 3 heterocycles. The number of hydrogen-bond donors (Lipinski definition) is 5. The van der Waals surface area contributed by atoms with Crippen molar-refractivity contribution in [3.63, 3.8) is 0 Å². The van der Waals surface area contributed by atoms with E-state index < -0.39 is 11.7 Å². The predicted molar refractivity (Wildman–Crippen MR) is 143 cm³/mol. The van der Waals surface area contributed by atoms with E-state index in [1.165, 1.54) is 17.1 Å². The number of anilines is 2. The number of hydrogen-bond acceptors (Lipinski definition) is 8. The van der Waals surface area contributed by atoms with Crippen LogP contribution < -0.4 is 25.8 Å². The Balaban J connectivity index is 1.27. The van der Waals surface area contributed by atoms with Crippen LogP contribution in [-0.2, 0) is 0 Å². The average Bonchev–Trinajstić information content (AvgIpc) is 3.51. The predicted octanol–water partition coefficient (Wildman–Crippen LogP) is 4.14. The van der Waals surface area contributed by atoms with Gasteiger partial charge in [-0.1, -0.05) is 24.3 Å². The molecular weight excluding hydrogens is 504 g/mol. The topological polar surface area (TPSA) is 172 Å². The number of aromatic hydroxyl groups is 1. The Bertz CT molecular complexity index is 1890. The van der Waals surface area contributed by atoms with E-state index in [4.69, 9.17) is 9.47 Å². The maximum absolute atomic E-state index is 13.0. The first-order valence-electron chi connectivity index (χ1n) is 11.6. The summed E-state index contributed by atoms with van der Waals surface area (Å²) in [5.41, 5.74) is 1.36. The molecule has 6 rings (SSSR count). The SMILES string of the molecule is COc1ccc(-n2nc(O)cc2NC(=O)Nc2ccc(Oc3ncnc4[nH]c(=O)[nH]c34)c3ccccc23)cc1. The highest BCUT2D eigenvalue weighted by Gasteiger charge is 2.16. The summed E-state index contributed by atoms with van der Waals surface area (Å²) in [6.07, 6.45) is 1.29. The molecule has 3 aromatic heterocycles. The third kappa shape index (κ3) is 4.55. The summed E-state index contributed by atoms with van der Waals surface area (Å²) in [5.74, 6) is 1.30. The Kier molecular flexibility index (Phi) is 5.77. The van der Waals surface area contributed by atoms with E-state index in [2.05, 4.69) is 35.7 Å². The Morgan fingerprint density at radius 3 is 2.56 bits per heavy atom. The van der Waals surface area contributed by atoms with Crippen LogP contribution in [0.15, 0.2) is 77.9 Å². The first-order valence-corrected chi connectivity index (χ1v) is 11.6. The van der Waals surface area contributed by atoms with Crippen molar-refractivity contribution in [2.45, 2.75) is 0 Å². The molecule has 0 spiro atoms. The molecule has 0 aliphatic rings. The molecule has 0 saturated carbocycles. The summed E-state index contributed by atoms with van der Waals surface area (Å²) < 4.78 is 12.6. The highest BCUT2D eigenvalue weighted by molar-refractivity contribution is 6.07. The van der Waals surface area contributed by atoms with Gasteiger partial charge in [0.05, 0.1) is 18.5 Å². The van der Waals surface area contributed by atoms with Crippen molar-refractivity contribution in [1.29, 1.82) is 0 Å². The smallest absolute Gasteiger partial charge is 0.325 e. The lowest BCUT2D eigenvalue weighted by atomic mass is 10.1. The first kappa shape index (κ1) is 23.5. The van der Waals surface area contributed by atoms with Crippen LogP contribution in [-0.4, -0.2) is 48.0 Å². The van der Waals surface area contributed by atoms with Crippen LogP contribution in [0.5, 0.6) is 23.3 Å². The maximum Gasteiger partial charge on any atom is 0.325 e. The minimum absolute atomic E-state index is 0.175. The third-order valence-corrected chi connectivity index (χ3v) is 5.88. The van der Waals surface area contributed by atoms with Gasteiger partial charge in [0.2, 0.25) is 11.8 Å². The van der Waals surface area contributed by atoms with Crippen LogP contribution in [0.2, 0.25) is 0 Å². The molecule has 3 aromatic carbocycles. The van der Waals surface area contributed by atoms with Gasteiger partial charge in [0, 0.05) is 16.8 Å². The van der Waals surface area contributed by atoms with E-state index in [0.29, 0.717) is 44.8 Å². The number of methoxy groups -OCH3 is 1. The van der Waals surface area contributed by atoms with Crippen molar-refractivity contribution in [2.75, 3.05) is 17.7 Å². The third-order valence-electron chi connectivity index (χ3n) is 5.88. The van der Waals surface area contributed by atoms with E-state index in [9.17, 15) is 14.7 Å². The summed E-state index contributed by atoms with van der Waals surface area (Å²) in [6, 6.07) is 18.5. The highest BCUT2D eigenvalue weighted by Crippen LogP contribution is 2.35. The molecule has 13 heteroatoms. The summed E-state index contributed by atoms with van der Waals surface area (Å²) in [4.78, 5) is 38.1. The largest absolute Gasteiger partial charge is 0.497 e. The summed E-state index contributed by atoms with van der Waals surface area (Å²) in [6.45, 7) is 0. The molecule has 0 unspecified atom stereocenters. The molecule has 13 nitrogen and oxygen atoms in total. The molecular formula is C26H20N8O5. The van der Waals surface area contributed by atoms with Crippen LogP contribution in [0.4, 0.5) is 16.3 Å². The number of rotatable bonds is 6. The van der Waals surface area contributed by atoms with E-state index in [1.54, 1.807) is 43.5 Å². The lowest BCUT2D eigenvalue weighted by Gasteiger charge is -2.14. The van der Waals surface area contributed by atoms with Gasteiger partial charge < -0.3 is 19.9 Å². The Labute approximate surface area is 219 Å². The fourth-order valence-electron chi connectivity index (χ4n) is 4.13. The lowest BCUT2D eigenvalue weighted by molar-refractivity contribution is 0.262. The number of benzene rings is 3. The van der Waals surface area contributed by atoms with Crippen molar-refractivity contribution < 1.29 is 19.4 Å². The van der Waals surface area contributed by atoms with Crippen LogP contribution in [0.25, 0.3) is 27.6 Å². The molecule has 2 amide bonds. The van der Waals surface area contributed by atoms with Crippen molar-refractivity contribution >= 4 is 39.5 Å².